The number of benzene rings is 2. The molecule has 2 heterocycles. The van der Waals surface area contributed by atoms with Crippen molar-refractivity contribution in [3.8, 4) is 11.5 Å². The number of ether oxygens (including phenoxy) is 2. The molecule has 0 atom stereocenters. The lowest BCUT2D eigenvalue weighted by molar-refractivity contribution is -0.385. The zero-order chi connectivity index (χ0) is 19.8. The van der Waals surface area contributed by atoms with Gasteiger partial charge < -0.3 is 19.4 Å². The quantitative estimate of drug-likeness (QED) is 0.540. The standard InChI is InChI=1S/C21H23N3O4/c1-13-4-5-17-16(8-13)15-6-7-22-11-19(15)23(17)12-14-9-18(24(25)26)21(28-3)20(10-14)27-2/h4-5,8-10,22H,6-7,11-12H2,1-3H3. The van der Waals surface area contributed by atoms with Gasteiger partial charge in [0.05, 0.1) is 19.1 Å². The Morgan fingerprint density at radius 1 is 1.21 bits per heavy atom. The van der Waals surface area contributed by atoms with Crippen molar-refractivity contribution in [3.63, 3.8) is 0 Å². The Balaban J connectivity index is 1.87. The fraction of sp³-hybridized carbons (Fsp3) is 0.333. The molecule has 3 aromatic rings. The van der Waals surface area contributed by atoms with Crippen molar-refractivity contribution in [1.29, 1.82) is 0 Å². The molecule has 146 valence electrons. The number of nitro groups is 1. The number of hydrogen-bond acceptors (Lipinski definition) is 5. The molecular weight excluding hydrogens is 358 g/mol. The Labute approximate surface area is 163 Å². The van der Waals surface area contributed by atoms with E-state index in [-0.39, 0.29) is 11.4 Å². The van der Waals surface area contributed by atoms with Gasteiger partial charge in [-0.05, 0) is 49.2 Å². The number of nitrogens with one attached hydrogen (secondary N) is 1. The number of fused-ring (bicyclic) bond motifs is 3. The van der Waals surface area contributed by atoms with Gasteiger partial charge in [-0.2, -0.15) is 0 Å². The van der Waals surface area contributed by atoms with Crippen molar-refractivity contribution in [2.24, 2.45) is 0 Å². The zero-order valence-corrected chi connectivity index (χ0v) is 16.2. The Kier molecular flexibility index (Phi) is 4.68. The van der Waals surface area contributed by atoms with E-state index < -0.39 is 4.92 Å². The molecular formula is C21H23N3O4. The molecule has 0 bridgehead atoms. The predicted octanol–water partition coefficient (Wildman–Crippen LogP) is 3.57. The lowest BCUT2D eigenvalue weighted by atomic mass is 10.0. The van der Waals surface area contributed by atoms with Crippen LogP contribution in [0, 0.1) is 17.0 Å². The maximum atomic E-state index is 11.5. The van der Waals surface area contributed by atoms with Crippen LogP contribution in [0.2, 0.25) is 0 Å². The third kappa shape index (κ3) is 2.97. The van der Waals surface area contributed by atoms with Crippen LogP contribution in [0.3, 0.4) is 0 Å². The van der Waals surface area contributed by atoms with Gasteiger partial charge in [0.15, 0.2) is 5.75 Å². The summed E-state index contributed by atoms with van der Waals surface area (Å²) in [7, 11) is 2.90. The van der Waals surface area contributed by atoms with E-state index in [1.165, 1.54) is 36.4 Å². The molecule has 1 N–H and O–H groups in total. The van der Waals surface area contributed by atoms with Crippen LogP contribution in [0.1, 0.15) is 22.4 Å². The predicted molar refractivity (Wildman–Crippen MR) is 107 cm³/mol. The van der Waals surface area contributed by atoms with Gasteiger partial charge >= 0.3 is 5.69 Å². The molecule has 1 aliphatic rings. The molecule has 0 spiro atoms. The molecule has 2 aromatic carbocycles. The molecule has 28 heavy (non-hydrogen) atoms. The second-order valence-electron chi connectivity index (χ2n) is 7.07. The van der Waals surface area contributed by atoms with Gasteiger partial charge in [0.25, 0.3) is 0 Å². The maximum Gasteiger partial charge on any atom is 0.315 e. The number of aromatic nitrogens is 1. The molecule has 1 aromatic heterocycles. The van der Waals surface area contributed by atoms with Gasteiger partial charge in [0.2, 0.25) is 5.75 Å². The van der Waals surface area contributed by atoms with Gasteiger partial charge in [-0.3, -0.25) is 10.1 Å². The van der Waals surface area contributed by atoms with E-state index in [9.17, 15) is 10.1 Å². The monoisotopic (exact) mass is 381 g/mol. The van der Waals surface area contributed by atoms with Crippen LogP contribution >= 0.6 is 0 Å². The summed E-state index contributed by atoms with van der Waals surface area (Å²) in [6, 6.07) is 9.86. The number of hydrogen-bond donors (Lipinski definition) is 1. The normalized spacial score (nSPS) is 13.4. The molecule has 1 aliphatic heterocycles. The fourth-order valence-corrected chi connectivity index (χ4v) is 4.08. The third-order valence-corrected chi connectivity index (χ3v) is 5.34. The largest absolute Gasteiger partial charge is 0.493 e. The van der Waals surface area contributed by atoms with Crippen LogP contribution < -0.4 is 14.8 Å². The van der Waals surface area contributed by atoms with Gasteiger partial charge in [-0.15, -0.1) is 0 Å². The first-order valence-electron chi connectivity index (χ1n) is 9.24. The Morgan fingerprint density at radius 3 is 2.75 bits per heavy atom. The molecule has 0 radical (unpaired) electrons. The number of nitrogens with zero attached hydrogens (tertiary/aromatic N) is 2. The maximum absolute atomic E-state index is 11.5. The van der Waals surface area contributed by atoms with Gasteiger partial charge in [0.1, 0.15) is 0 Å². The summed E-state index contributed by atoms with van der Waals surface area (Å²) in [5.74, 6) is 0.513. The molecule has 7 heteroatoms. The van der Waals surface area contributed by atoms with Crippen molar-refractivity contribution in [3.05, 3.63) is 62.8 Å². The third-order valence-electron chi connectivity index (χ3n) is 5.34. The number of nitro benzene ring substituents is 1. The van der Waals surface area contributed by atoms with E-state index in [1.54, 1.807) is 6.07 Å². The van der Waals surface area contributed by atoms with Crippen molar-refractivity contribution in [2.45, 2.75) is 26.4 Å². The number of methoxy groups -OCH3 is 2. The number of rotatable bonds is 5. The zero-order valence-electron chi connectivity index (χ0n) is 16.2. The van der Waals surface area contributed by atoms with Crippen LogP contribution in [0.4, 0.5) is 5.69 Å². The minimum Gasteiger partial charge on any atom is -0.493 e. The van der Waals surface area contributed by atoms with Crippen LogP contribution in [0.25, 0.3) is 10.9 Å². The van der Waals surface area contributed by atoms with E-state index in [0.717, 1.165) is 30.6 Å². The summed E-state index contributed by atoms with van der Waals surface area (Å²) in [4.78, 5) is 11.1. The van der Waals surface area contributed by atoms with Crippen molar-refractivity contribution < 1.29 is 14.4 Å². The lowest BCUT2D eigenvalue weighted by Crippen LogP contribution is -2.25. The van der Waals surface area contributed by atoms with E-state index >= 15 is 0 Å². The summed E-state index contributed by atoms with van der Waals surface area (Å²) in [5, 5.41) is 16.2. The fourth-order valence-electron chi connectivity index (χ4n) is 4.08. The van der Waals surface area contributed by atoms with Gasteiger partial charge in [-0.25, -0.2) is 0 Å². The molecule has 0 saturated heterocycles. The highest BCUT2D eigenvalue weighted by Crippen LogP contribution is 2.39. The second kappa shape index (κ2) is 7.16. The summed E-state index contributed by atoms with van der Waals surface area (Å²) >= 11 is 0. The van der Waals surface area contributed by atoms with Crippen molar-refractivity contribution in [2.75, 3.05) is 20.8 Å². The first-order valence-corrected chi connectivity index (χ1v) is 9.24. The highest BCUT2D eigenvalue weighted by atomic mass is 16.6. The van der Waals surface area contributed by atoms with E-state index in [0.29, 0.717) is 12.3 Å². The SMILES string of the molecule is COc1cc(Cn2c3c(c4cc(C)ccc42)CCNC3)cc([N+](=O)[O-])c1OC. The summed E-state index contributed by atoms with van der Waals surface area (Å²) in [5.41, 5.74) is 5.70. The summed E-state index contributed by atoms with van der Waals surface area (Å²) in [6.07, 6.45) is 0.981. The highest BCUT2D eigenvalue weighted by Gasteiger charge is 2.24. The Bertz CT molecular complexity index is 1070. The molecule has 0 aliphatic carbocycles. The highest BCUT2D eigenvalue weighted by molar-refractivity contribution is 5.86. The molecule has 0 saturated carbocycles. The smallest absolute Gasteiger partial charge is 0.315 e. The topological polar surface area (TPSA) is 78.6 Å². The van der Waals surface area contributed by atoms with Gasteiger partial charge in [-0.1, -0.05) is 11.6 Å². The molecule has 4 rings (SSSR count). The average molecular weight is 381 g/mol. The van der Waals surface area contributed by atoms with Crippen molar-refractivity contribution >= 4 is 16.6 Å². The van der Waals surface area contributed by atoms with E-state index in [2.05, 4.69) is 35.0 Å². The van der Waals surface area contributed by atoms with Crippen LogP contribution in [0.15, 0.2) is 30.3 Å². The molecule has 0 unspecified atom stereocenters. The number of aryl methyl sites for hydroxylation is 1. The first-order chi connectivity index (χ1) is 13.5. The Morgan fingerprint density at radius 2 is 2.04 bits per heavy atom. The molecule has 7 nitrogen and oxygen atoms in total. The second-order valence-corrected chi connectivity index (χ2v) is 7.07. The minimum atomic E-state index is -0.432. The first kappa shape index (κ1) is 18.3. The van der Waals surface area contributed by atoms with Crippen LogP contribution in [-0.2, 0) is 19.5 Å². The van der Waals surface area contributed by atoms with Gasteiger partial charge in [0, 0.05) is 35.8 Å². The minimum absolute atomic E-state index is 0.0869. The van der Waals surface area contributed by atoms with Crippen LogP contribution in [-0.4, -0.2) is 30.3 Å². The van der Waals surface area contributed by atoms with Crippen molar-refractivity contribution in [1.82, 2.24) is 9.88 Å². The average Bonchev–Trinajstić information content (AvgIpc) is 3.00. The van der Waals surface area contributed by atoms with E-state index in [4.69, 9.17) is 9.47 Å². The summed E-state index contributed by atoms with van der Waals surface area (Å²) in [6.45, 7) is 4.38. The Hall–Kier alpha value is -3.06. The lowest BCUT2D eigenvalue weighted by Gasteiger charge is -2.18. The molecule has 0 fully saturated rings. The van der Waals surface area contributed by atoms with E-state index in [1.807, 2.05) is 6.07 Å². The van der Waals surface area contributed by atoms with Crippen LogP contribution in [0.5, 0.6) is 11.5 Å². The summed E-state index contributed by atoms with van der Waals surface area (Å²) < 4.78 is 12.8. The molecule has 0 amide bonds.